The van der Waals surface area contributed by atoms with Crippen LogP contribution in [-0.4, -0.2) is 10.9 Å². The molecule has 0 fully saturated rings. The molecule has 0 aliphatic heterocycles. The number of fused-ring (bicyclic) bond motifs is 1. The summed E-state index contributed by atoms with van der Waals surface area (Å²) in [5.41, 5.74) is 3.03. The summed E-state index contributed by atoms with van der Waals surface area (Å²) >= 11 is 1.73. The highest BCUT2D eigenvalue weighted by atomic mass is 32.1. The maximum atomic E-state index is 12.4. The minimum atomic E-state index is -0.0668. The molecule has 1 amide bonds. The summed E-state index contributed by atoms with van der Waals surface area (Å²) in [7, 11) is 0. The molecule has 20 heavy (non-hydrogen) atoms. The molecular formula is C16H18N2OS. The smallest absolute Gasteiger partial charge is 0.252 e. The van der Waals surface area contributed by atoms with Gasteiger partial charge in [-0.25, -0.2) is 0 Å². The third-order valence-corrected chi connectivity index (χ3v) is 4.87. The first-order valence-corrected chi connectivity index (χ1v) is 7.94. The van der Waals surface area contributed by atoms with Crippen LogP contribution in [0.3, 0.4) is 0 Å². The minimum absolute atomic E-state index is 0.0301. The van der Waals surface area contributed by atoms with Gasteiger partial charge in [0, 0.05) is 16.5 Å². The highest BCUT2D eigenvalue weighted by Gasteiger charge is 2.21. The van der Waals surface area contributed by atoms with Crippen LogP contribution in [-0.2, 0) is 12.8 Å². The van der Waals surface area contributed by atoms with Crippen LogP contribution < -0.4 is 5.32 Å². The summed E-state index contributed by atoms with van der Waals surface area (Å²) < 4.78 is 0. The average molecular weight is 286 g/mol. The van der Waals surface area contributed by atoms with Crippen molar-refractivity contribution in [1.29, 1.82) is 0 Å². The lowest BCUT2D eigenvalue weighted by atomic mass is 9.95. The van der Waals surface area contributed by atoms with E-state index < -0.39 is 0 Å². The maximum absolute atomic E-state index is 12.4. The molecule has 0 saturated carbocycles. The third-order valence-electron chi connectivity index (χ3n) is 3.79. The van der Waals surface area contributed by atoms with Crippen LogP contribution in [0.1, 0.15) is 52.3 Å². The fourth-order valence-electron chi connectivity index (χ4n) is 2.66. The lowest BCUT2D eigenvalue weighted by molar-refractivity contribution is 0.0938. The van der Waals surface area contributed by atoms with E-state index in [4.69, 9.17) is 0 Å². The topological polar surface area (TPSA) is 42.0 Å². The predicted octanol–water partition coefficient (Wildman–Crippen LogP) is 3.51. The lowest BCUT2D eigenvalue weighted by Gasteiger charge is -2.15. The van der Waals surface area contributed by atoms with Crippen molar-refractivity contribution < 1.29 is 4.79 Å². The zero-order valence-electron chi connectivity index (χ0n) is 11.6. The Morgan fingerprint density at radius 2 is 2.20 bits per heavy atom. The van der Waals surface area contributed by atoms with Crippen LogP contribution in [0.4, 0.5) is 0 Å². The number of rotatable bonds is 3. The second-order valence-corrected chi connectivity index (χ2v) is 6.17. The van der Waals surface area contributed by atoms with E-state index in [0.29, 0.717) is 0 Å². The highest BCUT2D eigenvalue weighted by molar-refractivity contribution is 7.10. The lowest BCUT2D eigenvalue weighted by Crippen LogP contribution is -2.27. The molecule has 2 heterocycles. The molecule has 1 aliphatic rings. The van der Waals surface area contributed by atoms with Crippen LogP contribution in [0.15, 0.2) is 29.8 Å². The fraction of sp³-hybridized carbons (Fsp3) is 0.375. The quantitative estimate of drug-likeness (QED) is 0.938. The molecule has 0 aromatic carbocycles. The number of nitrogens with zero attached hydrogens (tertiary/aromatic N) is 1. The number of amides is 1. The molecule has 0 unspecified atom stereocenters. The predicted molar refractivity (Wildman–Crippen MR) is 81.1 cm³/mol. The van der Waals surface area contributed by atoms with E-state index in [-0.39, 0.29) is 11.9 Å². The number of pyridine rings is 1. The molecule has 0 radical (unpaired) electrons. The molecule has 3 nitrogen and oxygen atoms in total. The average Bonchev–Trinajstić information content (AvgIpc) is 2.92. The summed E-state index contributed by atoms with van der Waals surface area (Å²) in [6.07, 6.45) is 6.37. The number of hydrogen-bond acceptors (Lipinski definition) is 3. The Labute approximate surface area is 123 Å². The summed E-state index contributed by atoms with van der Waals surface area (Å²) in [5.74, 6) is 0.0301. The van der Waals surface area contributed by atoms with Crippen molar-refractivity contribution in [3.05, 3.63) is 51.5 Å². The number of thiophene rings is 1. The van der Waals surface area contributed by atoms with Gasteiger partial charge in [0.2, 0.25) is 0 Å². The van der Waals surface area contributed by atoms with Crippen LogP contribution in [0.5, 0.6) is 0 Å². The molecule has 0 saturated heterocycles. The Hall–Kier alpha value is -1.68. The second-order valence-electron chi connectivity index (χ2n) is 5.21. The van der Waals surface area contributed by atoms with Crippen LogP contribution in [0.2, 0.25) is 0 Å². The van der Waals surface area contributed by atoms with E-state index in [1.807, 2.05) is 30.5 Å². The number of aromatic nitrogens is 1. The summed E-state index contributed by atoms with van der Waals surface area (Å²) in [5, 5.41) is 5.06. The van der Waals surface area contributed by atoms with Crippen LogP contribution in [0.25, 0.3) is 0 Å². The van der Waals surface area contributed by atoms with Gasteiger partial charge >= 0.3 is 0 Å². The van der Waals surface area contributed by atoms with E-state index >= 15 is 0 Å². The molecule has 4 heteroatoms. The van der Waals surface area contributed by atoms with Crippen molar-refractivity contribution in [1.82, 2.24) is 10.3 Å². The van der Waals surface area contributed by atoms with Gasteiger partial charge in [-0.05, 0) is 50.3 Å². The minimum Gasteiger partial charge on any atom is -0.344 e. The molecular weight excluding hydrogens is 268 g/mol. The van der Waals surface area contributed by atoms with Gasteiger partial charge < -0.3 is 5.32 Å². The van der Waals surface area contributed by atoms with E-state index in [1.165, 1.54) is 23.3 Å². The molecule has 1 aliphatic carbocycles. The normalized spacial score (nSPS) is 15.4. The Bertz CT molecular complexity index is 606. The van der Waals surface area contributed by atoms with E-state index in [0.717, 1.165) is 24.1 Å². The Morgan fingerprint density at radius 3 is 3.00 bits per heavy atom. The number of hydrogen-bond donors (Lipinski definition) is 1. The molecule has 0 spiro atoms. The van der Waals surface area contributed by atoms with Crippen molar-refractivity contribution in [3.63, 3.8) is 0 Å². The number of carbonyl (C=O) groups excluding carboxylic acids is 1. The maximum Gasteiger partial charge on any atom is 0.252 e. The third kappa shape index (κ3) is 2.61. The van der Waals surface area contributed by atoms with Gasteiger partial charge in [0.25, 0.3) is 5.91 Å². The molecule has 104 valence electrons. The van der Waals surface area contributed by atoms with Crippen molar-refractivity contribution in [3.8, 4) is 0 Å². The second kappa shape index (κ2) is 5.75. The van der Waals surface area contributed by atoms with Crippen molar-refractivity contribution in [2.75, 3.05) is 0 Å². The van der Waals surface area contributed by atoms with E-state index in [2.05, 4.69) is 10.3 Å². The van der Waals surface area contributed by atoms with Gasteiger partial charge in [-0.15, -0.1) is 11.3 Å². The molecule has 1 atom stereocenters. The number of aryl methyl sites for hydroxylation is 1. The summed E-state index contributed by atoms with van der Waals surface area (Å²) in [4.78, 5) is 18.1. The molecule has 2 aromatic rings. The summed E-state index contributed by atoms with van der Waals surface area (Å²) in [6.45, 7) is 1.97. The molecule has 1 N–H and O–H groups in total. The van der Waals surface area contributed by atoms with Gasteiger partial charge in [-0.3, -0.25) is 9.78 Å². The zero-order valence-corrected chi connectivity index (χ0v) is 12.4. The first kappa shape index (κ1) is 13.3. The summed E-state index contributed by atoms with van der Waals surface area (Å²) in [6, 6.07) is 5.70. The van der Waals surface area contributed by atoms with E-state index in [9.17, 15) is 4.79 Å². The Kier molecular flexibility index (Phi) is 3.83. The zero-order chi connectivity index (χ0) is 13.9. The first-order valence-electron chi connectivity index (χ1n) is 7.06. The van der Waals surface area contributed by atoms with Gasteiger partial charge in [0.05, 0.1) is 17.3 Å². The van der Waals surface area contributed by atoms with Gasteiger partial charge in [0.1, 0.15) is 0 Å². The fourth-order valence-corrected chi connectivity index (χ4v) is 3.79. The van der Waals surface area contributed by atoms with E-state index in [1.54, 1.807) is 17.5 Å². The Morgan fingerprint density at radius 1 is 1.35 bits per heavy atom. The van der Waals surface area contributed by atoms with Crippen molar-refractivity contribution in [2.24, 2.45) is 0 Å². The van der Waals surface area contributed by atoms with Gasteiger partial charge in [0.15, 0.2) is 0 Å². The largest absolute Gasteiger partial charge is 0.344 e. The van der Waals surface area contributed by atoms with Crippen molar-refractivity contribution in [2.45, 2.75) is 38.6 Å². The van der Waals surface area contributed by atoms with Gasteiger partial charge in [-0.1, -0.05) is 6.07 Å². The van der Waals surface area contributed by atoms with Gasteiger partial charge in [-0.2, -0.15) is 0 Å². The SMILES string of the molecule is C[C@H](NC(=O)c1csc2c1CCCC2)c1ccccn1. The molecule has 3 rings (SSSR count). The monoisotopic (exact) mass is 286 g/mol. The standard InChI is InChI=1S/C16H18N2OS/c1-11(14-7-4-5-9-17-14)18-16(19)13-10-20-15-8-3-2-6-12(13)15/h4-5,7,9-11H,2-3,6,8H2,1H3,(H,18,19)/t11-/m0/s1. The number of carbonyl (C=O) groups is 1. The Balaban J connectivity index is 1.75. The highest BCUT2D eigenvalue weighted by Crippen LogP contribution is 2.30. The van der Waals surface area contributed by atoms with Crippen molar-refractivity contribution >= 4 is 17.2 Å². The first-order chi connectivity index (χ1) is 9.75. The van der Waals surface area contributed by atoms with Crippen LogP contribution >= 0.6 is 11.3 Å². The molecule has 0 bridgehead atoms. The van der Waals surface area contributed by atoms with Crippen LogP contribution in [0, 0.1) is 0 Å². The number of nitrogens with one attached hydrogen (secondary N) is 1. The molecule has 2 aromatic heterocycles.